The van der Waals surface area contributed by atoms with E-state index >= 15 is 0 Å². The number of carbonyl (C=O) groups is 2. The maximum atomic E-state index is 12.4. The van der Waals surface area contributed by atoms with E-state index in [2.05, 4.69) is 10.5 Å². The minimum atomic E-state index is -0.642. The Balaban J connectivity index is 1.59. The van der Waals surface area contributed by atoms with Gasteiger partial charge >= 0.3 is 11.7 Å². The third-order valence-electron chi connectivity index (χ3n) is 4.31. The highest BCUT2D eigenvalue weighted by atomic mass is 35.5. The van der Waals surface area contributed by atoms with Crippen molar-refractivity contribution in [1.82, 2.24) is 5.43 Å². The lowest BCUT2D eigenvalue weighted by Crippen LogP contribution is -2.24. The summed E-state index contributed by atoms with van der Waals surface area (Å²) < 4.78 is 15.8. The number of methoxy groups -OCH3 is 1. The van der Waals surface area contributed by atoms with E-state index in [9.17, 15) is 19.7 Å². The zero-order chi connectivity index (χ0) is 24.5. The summed E-state index contributed by atoms with van der Waals surface area (Å²) in [5.41, 5.74) is 2.76. The van der Waals surface area contributed by atoms with Gasteiger partial charge in [0.05, 0.1) is 28.8 Å². The first-order chi connectivity index (χ1) is 16.4. The van der Waals surface area contributed by atoms with Crippen LogP contribution in [-0.4, -0.2) is 36.7 Å². The van der Waals surface area contributed by atoms with Gasteiger partial charge in [0.1, 0.15) is 0 Å². The summed E-state index contributed by atoms with van der Waals surface area (Å²) in [5.74, 6) is -0.858. The fourth-order valence-corrected chi connectivity index (χ4v) is 2.93. The van der Waals surface area contributed by atoms with Crippen LogP contribution >= 0.6 is 11.6 Å². The normalized spacial score (nSPS) is 10.5. The van der Waals surface area contributed by atoms with Crippen LogP contribution in [0, 0.1) is 10.1 Å². The molecule has 0 heterocycles. The summed E-state index contributed by atoms with van der Waals surface area (Å²) in [6, 6.07) is 16.9. The van der Waals surface area contributed by atoms with Crippen LogP contribution in [0.3, 0.4) is 0 Å². The van der Waals surface area contributed by atoms with Crippen LogP contribution in [0.4, 0.5) is 5.69 Å². The van der Waals surface area contributed by atoms with Crippen molar-refractivity contribution < 1.29 is 28.7 Å². The molecule has 34 heavy (non-hydrogen) atoms. The van der Waals surface area contributed by atoms with Crippen LogP contribution < -0.4 is 19.6 Å². The van der Waals surface area contributed by atoms with Crippen molar-refractivity contribution in [3.63, 3.8) is 0 Å². The van der Waals surface area contributed by atoms with Gasteiger partial charge < -0.3 is 14.2 Å². The van der Waals surface area contributed by atoms with Gasteiger partial charge in [0, 0.05) is 6.07 Å². The van der Waals surface area contributed by atoms with E-state index in [4.69, 9.17) is 25.8 Å². The second-order valence-electron chi connectivity index (χ2n) is 6.59. The summed E-state index contributed by atoms with van der Waals surface area (Å²) in [6.07, 6.45) is 1.34. The molecule has 1 amide bonds. The van der Waals surface area contributed by atoms with Gasteiger partial charge in [-0.1, -0.05) is 35.9 Å². The third kappa shape index (κ3) is 6.30. The molecule has 11 heteroatoms. The highest BCUT2D eigenvalue weighted by Crippen LogP contribution is 2.29. The molecule has 0 fully saturated rings. The lowest BCUT2D eigenvalue weighted by molar-refractivity contribution is -0.385. The second kappa shape index (κ2) is 11.4. The van der Waals surface area contributed by atoms with Gasteiger partial charge in [-0.05, 0) is 42.0 Å². The maximum Gasteiger partial charge on any atom is 0.345 e. The topological polar surface area (TPSA) is 129 Å². The molecule has 0 aliphatic rings. The Labute approximate surface area is 198 Å². The number of para-hydroxylation sites is 2. The molecule has 3 rings (SSSR count). The highest BCUT2D eigenvalue weighted by molar-refractivity contribution is 6.33. The molecule has 0 bridgehead atoms. The van der Waals surface area contributed by atoms with E-state index in [-0.39, 0.29) is 33.5 Å². The fourth-order valence-electron chi connectivity index (χ4n) is 2.71. The number of nitrogens with zero attached hydrogens (tertiary/aromatic N) is 2. The molecular formula is C23H18ClN3O7. The molecule has 0 spiro atoms. The SMILES string of the molecule is COc1cc(C=NNC(=O)COc2ccccc2[N+](=O)[O-])ccc1OC(=O)c1ccccc1Cl. The Bertz CT molecular complexity index is 1250. The molecule has 0 aromatic heterocycles. The first-order valence-electron chi connectivity index (χ1n) is 9.72. The maximum absolute atomic E-state index is 12.4. The Morgan fingerprint density at radius 3 is 2.53 bits per heavy atom. The Morgan fingerprint density at radius 1 is 1.06 bits per heavy atom. The zero-order valence-corrected chi connectivity index (χ0v) is 18.5. The molecule has 174 valence electrons. The minimum absolute atomic E-state index is 0.0294. The average molecular weight is 484 g/mol. The number of hydrogen-bond acceptors (Lipinski definition) is 8. The van der Waals surface area contributed by atoms with Crippen LogP contribution in [-0.2, 0) is 4.79 Å². The molecule has 0 unspecified atom stereocenters. The number of nitro benzene ring substituents is 1. The predicted octanol–water partition coefficient (Wildman–Crippen LogP) is 4.01. The van der Waals surface area contributed by atoms with Crippen molar-refractivity contribution in [2.45, 2.75) is 0 Å². The molecule has 10 nitrogen and oxygen atoms in total. The monoisotopic (exact) mass is 483 g/mol. The molecule has 0 aliphatic heterocycles. The predicted molar refractivity (Wildman–Crippen MR) is 124 cm³/mol. The molecule has 0 aliphatic carbocycles. The van der Waals surface area contributed by atoms with Crippen molar-refractivity contribution in [3.05, 3.63) is 93.0 Å². The van der Waals surface area contributed by atoms with Crippen molar-refractivity contribution in [1.29, 1.82) is 0 Å². The van der Waals surface area contributed by atoms with Gasteiger partial charge in [-0.15, -0.1) is 0 Å². The van der Waals surface area contributed by atoms with Gasteiger partial charge in [-0.2, -0.15) is 5.10 Å². The largest absolute Gasteiger partial charge is 0.493 e. The van der Waals surface area contributed by atoms with Crippen molar-refractivity contribution in [2.75, 3.05) is 13.7 Å². The Morgan fingerprint density at radius 2 is 1.79 bits per heavy atom. The smallest absolute Gasteiger partial charge is 0.345 e. The van der Waals surface area contributed by atoms with Gasteiger partial charge in [-0.3, -0.25) is 14.9 Å². The molecule has 3 aromatic rings. The van der Waals surface area contributed by atoms with Gasteiger partial charge in [0.15, 0.2) is 23.9 Å². The summed E-state index contributed by atoms with van der Waals surface area (Å²) in [7, 11) is 1.41. The van der Waals surface area contributed by atoms with E-state index in [1.807, 2.05) is 0 Å². The van der Waals surface area contributed by atoms with Gasteiger partial charge in [-0.25, -0.2) is 10.2 Å². The van der Waals surface area contributed by atoms with Crippen molar-refractivity contribution in [3.8, 4) is 17.2 Å². The number of nitrogens with one attached hydrogen (secondary N) is 1. The summed E-state index contributed by atoms with van der Waals surface area (Å²) in [5, 5.41) is 15.1. The fraction of sp³-hybridized carbons (Fsp3) is 0.0870. The molecule has 0 radical (unpaired) electrons. The number of halogens is 1. The van der Waals surface area contributed by atoms with E-state index < -0.39 is 23.4 Å². The van der Waals surface area contributed by atoms with E-state index in [1.165, 1.54) is 37.6 Å². The van der Waals surface area contributed by atoms with Crippen LogP contribution in [0.5, 0.6) is 17.2 Å². The first kappa shape index (κ1) is 24.2. The summed E-state index contributed by atoms with van der Waals surface area (Å²) in [4.78, 5) is 34.7. The van der Waals surface area contributed by atoms with E-state index in [1.54, 1.807) is 42.5 Å². The van der Waals surface area contributed by atoms with Crippen LogP contribution in [0.2, 0.25) is 5.02 Å². The number of carbonyl (C=O) groups excluding carboxylic acids is 2. The number of hydrogen-bond donors (Lipinski definition) is 1. The molecule has 3 aromatic carbocycles. The molecular weight excluding hydrogens is 466 g/mol. The molecule has 0 atom stereocenters. The van der Waals surface area contributed by atoms with Crippen LogP contribution in [0.15, 0.2) is 71.8 Å². The van der Waals surface area contributed by atoms with Gasteiger partial charge in [0.2, 0.25) is 0 Å². The lowest BCUT2D eigenvalue weighted by atomic mass is 10.2. The highest BCUT2D eigenvalue weighted by Gasteiger charge is 2.16. The quantitative estimate of drug-likeness (QED) is 0.160. The standard InChI is InChI=1S/C23H18ClN3O7/c1-32-21-12-15(10-11-20(21)34-23(29)16-6-2-3-7-17(16)24)13-25-26-22(28)14-33-19-9-5-4-8-18(19)27(30)31/h2-13H,14H2,1H3,(H,26,28). The molecule has 0 saturated heterocycles. The zero-order valence-electron chi connectivity index (χ0n) is 17.8. The number of amides is 1. The number of benzene rings is 3. The number of ether oxygens (including phenoxy) is 3. The number of rotatable bonds is 9. The van der Waals surface area contributed by atoms with Crippen molar-refractivity contribution >= 4 is 35.4 Å². The van der Waals surface area contributed by atoms with E-state index in [0.29, 0.717) is 5.56 Å². The summed E-state index contributed by atoms with van der Waals surface area (Å²) in [6.45, 7) is -0.470. The first-order valence-corrected chi connectivity index (χ1v) is 10.1. The number of hydrazone groups is 1. The Kier molecular flexibility index (Phi) is 8.14. The van der Waals surface area contributed by atoms with Crippen LogP contribution in [0.1, 0.15) is 15.9 Å². The van der Waals surface area contributed by atoms with Crippen LogP contribution in [0.25, 0.3) is 0 Å². The van der Waals surface area contributed by atoms with E-state index in [0.717, 1.165) is 0 Å². The average Bonchev–Trinajstić information content (AvgIpc) is 2.83. The van der Waals surface area contributed by atoms with Crippen molar-refractivity contribution in [2.24, 2.45) is 5.10 Å². The number of nitro groups is 1. The molecule has 1 N–H and O–H groups in total. The lowest BCUT2D eigenvalue weighted by Gasteiger charge is -2.10. The molecule has 0 saturated carbocycles. The third-order valence-corrected chi connectivity index (χ3v) is 4.64. The minimum Gasteiger partial charge on any atom is -0.493 e. The second-order valence-corrected chi connectivity index (χ2v) is 6.99. The van der Waals surface area contributed by atoms with Gasteiger partial charge in [0.25, 0.3) is 5.91 Å². The number of esters is 1. The Hall–Kier alpha value is -4.44. The summed E-state index contributed by atoms with van der Waals surface area (Å²) >= 11 is 6.02.